The largest absolute Gasteiger partial charge is 0.393 e. The van der Waals surface area contributed by atoms with Crippen LogP contribution >= 0.6 is 0 Å². The Bertz CT molecular complexity index is 672. The molecule has 0 aliphatic carbocycles. The average Bonchev–Trinajstić information content (AvgIpc) is 2.98. The van der Waals surface area contributed by atoms with E-state index in [1.165, 1.54) is 6.33 Å². The first-order chi connectivity index (χ1) is 9.99. The van der Waals surface area contributed by atoms with Gasteiger partial charge in [0.25, 0.3) is 0 Å². The summed E-state index contributed by atoms with van der Waals surface area (Å²) in [6.45, 7) is 3.67. The lowest BCUT2D eigenvalue weighted by Gasteiger charge is -2.21. The molecule has 0 aromatic carbocycles. The number of nitrogens with zero attached hydrogens (tertiary/aromatic N) is 3. The average molecular weight is 292 g/mol. The van der Waals surface area contributed by atoms with Crippen molar-refractivity contribution in [1.82, 2.24) is 14.6 Å². The van der Waals surface area contributed by atoms with E-state index in [-0.39, 0.29) is 6.61 Å². The maximum atomic E-state index is 10.3. The Balaban J connectivity index is 2.12. The highest BCUT2D eigenvalue weighted by molar-refractivity contribution is 5.71. The summed E-state index contributed by atoms with van der Waals surface area (Å²) in [5, 5.41) is 24.0. The van der Waals surface area contributed by atoms with Crippen molar-refractivity contribution in [3.05, 3.63) is 23.7 Å². The van der Waals surface area contributed by atoms with Crippen molar-refractivity contribution in [2.24, 2.45) is 0 Å². The molecule has 2 aromatic rings. The lowest BCUT2D eigenvalue weighted by molar-refractivity contribution is -0.0719. The third-order valence-electron chi connectivity index (χ3n) is 4.10. The van der Waals surface area contributed by atoms with E-state index in [2.05, 4.69) is 10.1 Å². The quantitative estimate of drug-likeness (QED) is 0.758. The van der Waals surface area contributed by atoms with Crippen molar-refractivity contribution in [2.45, 2.75) is 44.5 Å². The number of nitrogens with two attached hydrogens (primary N) is 1. The van der Waals surface area contributed by atoms with E-state index in [1.807, 2.05) is 13.0 Å². The number of hydrogen-bond acceptors (Lipinski definition) is 6. The van der Waals surface area contributed by atoms with Crippen molar-refractivity contribution in [3.63, 3.8) is 0 Å². The number of aliphatic hydroxyl groups is 2. The molecule has 2 aromatic heterocycles. The van der Waals surface area contributed by atoms with Crippen molar-refractivity contribution in [3.8, 4) is 0 Å². The molecule has 21 heavy (non-hydrogen) atoms. The van der Waals surface area contributed by atoms with Gasteiger partial charge in [0.15, 0.2) is 5.82 Å². The number of aliphatic hydroxyl groups excluding tert-OH is 2. The molecule has 1 fully saturated rings. The van der Waals surface area contributed by atoms with E-state index >= 15 is 0 Å². The minimum Gasteiger partial charge on any atom is -0.393 e. The number of anilines is 1. The van der Waals surface area contributed by atoms with Gasteiger partial charge in [-0.05, 0) is 25.0 Å². The molecule has 0 bridgehead atoms. The van der Waals surface area contributed by atoms with Crippen LogP contribution in [0.25, 0.3) is 5.52 Å². The van der Waals surface area contributed by atoms with Crippen LogP contribution in [0.4, 0.5) is 5.82 Å². The molecule has 7 nitrogen and oxygen atoms in total. The summed E-state index contributed by atoms with van der Waals surface area (Å²) in [4.78, 5) is 4.02. The molecular formula is C14H20N4O3. The van der Waals surface area contributed by atoms with Crippen LogP contribution in [0.1, 0.15) is 37.6 Å². The van der Waals surface area contributed by atoms with Gasteiger partial charge in [-0.1, -0.05) is 6.92 Å². The summed E-state index contributed by atoms with van der Waals surface area (Å²) in [6, 6.07) is 1.94. The van der Waals surface area contributed by atoms with E-state index in [1.54, 1.807) is 11.4 Å². The number of fused-ring (bicyclic) bond motifs is 1. The Morgan fingerprint density at radius 2 is 2.33 bits per heavy atom. The molecule has 1 saturated heterocycles. The van der Waals surface area contributed by atoms with Gasteiger partial charge < -0.3 is 20.7 Å². The molecule has 114 valence electrons. The van der Waals surface area contributed by atoms with Gasteiger partial charge in [-0.2, -0.15) is 5.10 Å². The number of nitrogen functional groups attached to an aromatic ring is 1. The van der Waals surface area contributed by atoms with Crippen molar-refractivity contribution in [2.75, 3.05) is 12.3 Å². The molecule has 3 rings (SSSR count). The molecule has 7 heteroatoms. The van der Waals surface area contributed by atoms with E-state index in [4.69, 9.17) is 10.5 Å². The highest BCUT2D eigenvalue weighted by atomic mass is 16.5. The molecule has 3 unspecified atom stereocenters. The van der Waals surface area contributed by atoms with Crippen LogP contribution in [-0.4, -0.2) is 43.1 Å². The number of hydrogen-bond donors (Lipinski definition) is 3. The summed E-state index contributed by atoms with van der Waals surface area (Å²) >= 11 is 0. The van der Waals surface area contributed by atoms with Crippen LogP contribution in [0.2, 0.25) is 0 Å². The highest BCUT2D eigenvalue weighted by Gasteiger charge is 2.44. The number of aromatic nitrogens is 3. The van der Waals surface area contributed by atoms with Gasteiger partial charge in [0, 0.05) is 6.42 Å². The fourth-order valence-corrected chi connectivity index (χ4v) is 2.99. The summed E-state index contributed by atoms with van der Waals surface area (Å²) < 4.78 is 7.56. The third-order valence-corrected chi connectivity index (χ3v) is 4.10. The molecule has 3 atom stereocenters. The Labute approximate surface area is 122 Å². The molecule has 1 aliphatic rings. The minimum atomic E-state index is -0.737. The zero-order valence-electron chi connectivity index (χ0n) is 12.2. The Hall–Kier alpha value is -1.70. The second-order valence-corrected chi connectivity index (χ2v) is 5.77. The first-order valence-corrected chi connectivity index (χ1v) is 7.07. The Morgan fingerprint density at radius 1 is 1.57 bits per heavy atom. The first kappa shape index (κ1) is 14.2. The second-order valence-electron chi connectivity index (χ2n) is 5.77. The van der Waals surface area contributed by atoms with Crippen LogP contribution in [0.3, 0.4) is 0 Å². The first-order valence-electron chi connectivity index (χ1n) is 7.07. The maximum Gasteiger partial charge on any atom is 0.151 e. The molecule has 0 amide bonds. The van der Waals surface area contributed by atoms with Crippen molar-refractivity contribution >= 4 is 11.3 Å². The number of rotatable bonds is 3. The Kier molecular flexibility index (Phi) is 3.35. The van der Waals surface area contributed by atoms with E-state index in [0.29, 0.717) is 12.2 Å². The van der Waals surface area contributed by atoms with Gasteiger partial charge in [0.2, 0.25) is 0 Å². The molecule has 1 aliphatic heterocycles. The number of ether oxygens (including phenoxy) is 1. The Morgan fingerprint density at radius 3 is 2.95 bits per heavy atom. The van der Waals surface area contributed by atoms with Gasteiger partial charge in [0.1, 0.15) is 17.9 Å². The molecule has 4 N–H and O–H groups in total. The van der Waals surface area contributed by atoms with Crippen molar-refractivity contribution < 1.29 is 14.9 Å². The summed E-state index contributed by atoms with van der Waals surface area (Å²) in [5.74, 6) is 0.408. The van der Waals surface area contributed by atoms with Crippen LogP contribution in [0.5, 0.6) is 0 Å². The van der Waals surface area contributed by atoms with Crippen LogP contribution in [0, 0.1) is 0 Å². The van der Waals surface area contributed by atoms with Crippen LogP contribution in [0.15, 0.2) is 12.4 Å². The van der Waals surface area contributed by atoms with Gasteiger partial charge in [-0.15, -0.1) is 0 Å². The van der Waals surface area contributed by atoms with E-state index in [9.17, 15) is 10.2 Å². The lowest BCUT2D eigenvalue weighted by atomic mass is 10.0. The fourth-order valence-electron chi connectivity index (χ4n) is 2.99. The van der Waals surface area contributed by atoms with Gasteiger partial charge in [-0.25, -0.2) is 9.50 Å². The third kappa shape index (κ3) is 2.17. The van der Waals surface area contributed by atoms with E-state index in [0.717, 1.165) is 23.2 Å². The molecule has 0 saturated carbocycles. The SMILES string of the molecule is CCc1cc(C2OC(C)(CO)CC2O)n2ncnc(N)c12. The number of aryl methyl sites for hydroxylation is 1. The standard InChI is InChI=1S/C14H20N4O3/c1-3-8-4-9(18-11(8)13(15)16-7-17-18)12-10(20)5-14(2,6-19)21-12/h4,7,10,12,19-20H,3,5-6H2,1-2H3,(H2,15,16,17). The summed E-state index contributed by atoms with van der Waals surface area (Å²) in [5.41, 5.74) is 7.71. The van der Waals surface area contributed by atoms with Crippen molar-refractivity contribution in [1.29, 1.82) is 0 Å². The maximum absolute atomic E-state index is 10.3. The zero-order valence-corrected chi connectivity index (χ0v) is 12.2. The molecule has 0 radical (unpaired) electrons. The van der Waals surface area contributed by atoms with Crippen LogP contribution < -0.4 is 5.73 Å². The zero-order chi connectivity index (χ0) is 15.2. The van der Waals surface area contributed by atoms with Crippen LogP contribution in [-0.2, 0) is 11.2 Å². The molecular weight excluding hydrogens is 272 g/mol. The smallest absolute Gasteiger partial charge is 0.151 e. The molecule has 3 heterocycles. The normalized spacial score (nSPS) is 29.3. The second kappa shape index (κ2) is 4.94. The van der Waals surface area contributed by atoms with Gasteiger partial charge >= 0.3 is 0 Å². The van der Waals surface area contributed by atoms with Gasteiger partial charge in [0.05, 0.1) is 24.0 Å². The van der Waals surface area contributed by atoms with Gasteiger partial charge in [-0.3, -0.25) is 0 Å². The topological polar surface area (TPSA) is 106 Å². The summed E-state index contributed by atoms with van der Waals surface area (Å²) in [6.07, 6.45) is 1.31. The summed E-state index contributed by atoms with van der Waals surface area (Å²) in [7, 11) is 0. The monoisotopic (exact) mass is 292 g/mol. The predicted octanol–water partition coefficient (Wildman–Crippen LogP) is 0.447. The fraction of sp³-hybridized carbons (Fsp3) is 0.571. The lowest BCUT2D eigenvalue weighted by Crippen LogP contribution is -2.28. The minimum absolute atomic E-state index is 0.137. The predicted molar refractivity (Wildman–Crippen MR) is 76.7 cm³/mol. The highest BCUT2D eigenvalue weighted by Crippen LogP contribution is 2.40. The van der Waals surface area contributed by atoms with E-state index < -0.39 is 17.8 Å². The molecule has 0 spiro atoms.